The highest BCUT2D eigenvalue weighted by Crippen LogP contribution is 2.31. The Balaban J connectivity index is 2.16. The lowest BCUT2D eigenvalue weighted by atomic mass is 9.95. The average molecular weight is 485 g/mol. The number of hydrogen-bond acceptors (Lipinski definition) is 7. The van der Waals surface area contributed by atoms with Crippen LogP contribution in [0.3, 0.4) is 0 Å². The minimum atomic E-state index is -1.28. The van der Waals surface area contributed by atoms with Crippen LogP contribution in [0.2, 0.25) is 0 Å². The maximum Gasteiger partial charge on any atom is 0.326 e. The van der Waals surface area contributed by atoms with Crippen LogP contribution in [0.4, 0.5) is 0 Å². The molecule has 4 bridgehead atoms. The molecule has 0 aromatic heterocycles. The fraction of sp³-hybridized carbons (Fsp3) is 0.400. The summed E-state index contributed by atoms with van der Waals surface area (Å²) in [5.41, 5.74) is 13.9. The fourth-order valence-electron chi connectivity index (χ4n) is 4.31. The number of benzene rings is 2. The Labute approximate surface area is 203 Å². The van der Waals surface area contributed by atoms with E-state index in [1.54, 1.807) is 31.2 Å². The molecule has 8 N–H and O–H groups in total. The van der Waals surface area contributed by atoms with Gasteiger partial charge in [0.05, 0.1) is 6.04 Å². The Hall–Kier alpha value is -3.63. The standard InChI is InChI=1S/C25H32N4O6/c1-2-29-20(25(34)35)13-17-11-15(6-8-22(17)31)14-5-7-21(30)16(10-14)12-18(27)23(32)28-19(24(29)33)4-3-9-26/h5-8,10-11,18-20,30-31H,2-4,9,12-13,26-27H2,1H3,(H,28,32)(H,34,35)/t18-,19-,20-/m0/s1. The summed E-state index contributed by atoms with van der Waals surface area (Å²) in [6, 6.07) is 6.30. The molecule has 0 saturated carbocycles. The lowest BCUT2D eigenvalue weighted by molar-refractivity contribution is -0.151. The number of aromatic hydroxyl groups is 2. The molecule has 2 aromatic rings. The van der Waals surface area contributed by atoms with Gasteiger partial charge in [0.25, 0.3) is 0 Å². The van der Waals surface area contributed by atoms with Crippen molar-refractivity contribution in [1.82, 2.24) is 10.2 Å². The maximum atomic E-state index is 13.5. The molecule has 10 heteroatoms. The van der Waals surface area contributed by atoms with Crippen LogP contribution in [0.1, 0.15) is 30.9 Å². The van der Waals surface area contributed by atoms with Gasteiger partial charge in [-0.1, -0.05) is 12.1 Å². The molecule has 188 valence electrons. The van der Waals surface area contributed by atoms with Crippen LogP contribution < -0.4 is 16.8 Å². The number of rotatable bonds is 5. The van der Waals surface area contributed by atoms with Crippen LogP contribution in [-0.2, 0) is 27.2 Å². The van der Waals surface area contributed by atoms with Crippen molar-refractivity contribution in [3.05, 3.63) is 47.5 Å². The predicted octanol–water partition coefficient (Wildman–Crippen LogP) is 0.716. The summed E-state index contributed by atoms with van der Waals surface area (Å²) in [5.74, 6) is -2.52. The molecule has 0 saturated heterocycles. The zero-order valence-electron chi connectivity index (χ0n) is 19.6. The van der Waals surface area contributed by atoms with Crippen LogP contribution in [0, 0.1) is 0 Å². The van der Waals surface area contributed by atoms with Crippen molar-refractivity contribution in [3.63, 3.8) is 0 Å². The number of nitrogens with one attached hydrogen (secondary N) is 1. The van der Waals surface area contributed by atoms with Crippen molar-refractivity contribution >= 4 is 17.8 Å². The van der Waals surface area contributed by atoms with Gasteiger partial charge >= 0.3 is 5.97 Å². The topological polar surface area (TPSA) is 179 Å². The number of carbonyl (C=O) groups is 3. The van der Waals surface area contributed by atoms with Crippen LogP contribution in [0.25, 0.3) is 11.1 Å². The number of nitrogens with zero attached hydrogens (tertiary/aromatic N) is 1. The molecule has 0 aliphatic carbocycles. The monoisotopic (exact) mass is 484 g/mol. The minimum absolute atomic E-state index is 0.0174. The lowest BCUT2D eigenvalue weighted by Crippen LogP contribution is -2.56. The molecule has 0 unspecified atom stereocenters. The smallest absolute Gasteiger partial charge is 0.326 e. The van der Waals surface area contributed by atoms with Crippen molar-refractivity contribution in [1.29, 1.82) is 0 Å². The Morgan fingerprint density at radius 1 is 1.06 bits per heavy atom. The first-order valence-corrected chi connectivity index (χ1v) is 11.6. The molecule has 1 aliphatic heterocycles. The number of phenols is 2. The predicted molar refractivity (Wildman–Crippen MR) is 130 cm³/mol. The molecular formula is C25H32N4O6. The molecule has 3 atom stereocenters. The van der Waals surface area contributed by atoms with Gasteiger partial charge in [-0.2, -0.15) is 0 Å². The second-order valence-electron chi connectivity index (χ2n) is 8.67. The Kier molecular flexibility index (Phi) is 8.31. The number of hydrogen-bond donors (Lipinski definition) is 6. The van der Waals surface area contributed by atoms with Crippen molar-refractivity contribution in [2.24, 2.45) is 11.5 Å². The zero-order valence-corrected chi connectivity index (χ0v) is 19.6. The Bertz CT molecular complexity index is 1110. The third kappa shape index (κ3) is 5.90. The molecule has 10 nitrogen and oxygen atoms in total. The van der Waals surface area contributed by atoms with E-state index in [1.807, 2.05) is 0 Å². The van der Waals surface area contributed by atoms with E-state index in [-0.39, 0.29) is 43.9 Å². The fourth-order valence-corrected chi connectivity index (χ4v) is 4.31. The van der Waals surface area contributed by atoms with Crippen molar-refractivity contribution < 1.29 is 29.7 Å². The molecule has 1 heterocycles. The quantitative estimate of drug-likeness (QED) is 0.359. The summed E-state index contributed by atoms with van der Waals surface area (Å²) >= 11 is 0. The van der Waals surface area contributed by atoms with Gasteiger partial charge in [-0.05, 0) is 72.8 Å². The molecule has 2 aromatic carbocycles. The number of carbonyl (C=O) groups excluding carboxylic acids is 2. The first-order chi connectivity index (χ1) is 16.7. The van der Waals surface area contributed by atoms with Gasteiger partial charge in [0, 0.05) is 19.4 Å². The number of carboxylic acid groups (broad SMARTS) is 1. The molecule has 3 rings (SSSR count). The normalized spacial score (nSPS) is 21.1. The lowest BCUT2D eigenvalue weighted by Gasteiger charge is -2.32. The summed E-state index contributed by atoms with van der Waals surface area (Å²) in [6.07, 6.45) is 0.505. The first-order valence-electron chi connectivity index (χ1n) is 11.6. The van der Waals surface area contributed by atoms with Gasteiger partial charge in [0.1, 0.15) is 23.6 Å². The highest BCUT2D eigenvalue weighted by atomic mass is 16.4. The second kappa shape index (κ2) is 11.2. The van der Waals surface area contributed by atoms with Crippen LogP contribution in [-0.4, -0.2) is 69.2 Å². The first kappa shape index (κ1) is 26.0. The minimum Gasteiger partial charge on any atom is -0.508 e. The number of phenolic OH excluding ortho intramolecular Hbond substituents is 2. The van der Waals surface area contributed by atoms with Crippen LogP contribution in [0.5, 0.6) is 11.5 Å². The number of fused-ring (bicyclic) bond motifs is 5. The van der Waals surface area contributed by atoms with E-state index >= 15 is 0 Å². The van der Waals surface area contributed by atoms with Gasteiger partial charge in [-0.3, -0.25) is 9.59 Å². The number of nitrogens with two attached hydrogens (primary N) is 2. The largest absolute Gasteiger partial charge is 0.508 e. The molecular weight excluding hydrogens is 452 g/mol. The van der Waals surface area contributed by atoms with Crippen molar-refractivity contribution in [3.8, 4) is 22.6 Å². The van der Waals surface area contributed by atoms with E-state index in [2.05, 4.69) is 5.32 Å². The molecule has 1 aliphatic rings. The highest BCUT2D eigenvalue weighted by Gasteiger charge is 2.35. The number of aliphatic carboxylic acids is 1. The molecule has 2 amide bonds. The molecule has 0 spiro atoms. The molecule has 35 heavy (non-hydrogen) atoms. The van der Waals surface area contributed by atoms with Crippen LogP contribution in [0.15, 0.2) is 36.4 Å². The summed E-state index contributed by atoms with van der Waals surface area (Å²) in [4.78, 5) is 39.8. The van der Waals surface area contributed by atoms with E-state index in [0.717, 1.165) is 0 Å². The molecule has 0 radical (unpaired) electrons. The van der Waals surface area contributed by atoms with Crippen molar-refractivity contribution in [2.75, 3.05) is 13.1 Å². The third-order valence-electron chi connectivity index (χ3n) is 6.28. The highest BCUT2D eigenvalue weighted by molar-refractivity contribution is 5.92. The Morgan fingerprint density at radius 2 is 1.63 bits per heavy atom. The van der Waals surface area contributed by atoms with Gasteiger partial charge < -0.3 is 37.0 Å². The summed E-state index contributed by atoms with van der Waals surface area (Å²) in [7, 11) is 0. The van der Waals surface area contributed by atoms with E-state index in [0.29, 0.717) is 28.7 Å². The van der Waals surface area contributed by atoms with E-state index < -0.39 is 35.9 Å². The summed E-state index contributed by atoms with van der Waals surface area (Å²) in [6.45, 7) is 2.01. The zero-order chi connectivity index (χ0) is 25.7. The average Bonchev–Trinajstić information content (AvgIpc) is 2.83. The second-order valence-corrected chi connectivity index (χ2v) is 8.67. The van der Waals surface area contributed by atoms with Crippen LogP contribution >= 0.6 is 0 Å². The van der Waals surface area contributed by atoms with Gasteiger partial charge in [-0.15, -0.1) is 0 Å². The van der Waals surface area contributed by atoms with E-state index in [4.69, 9.17) is 11.5 Å². The molecule has 0 fully saturated rings. The number of amides is 2. The maximum absolute atomic E-state index is 13.5. The summed E-state index contributed by atoms with van der Waals surface area (Å²) < 4.78 is 0. The van der Waals surface area contributed by atoms with E-state index in [9.17, 15) is 29.7 Å². The van der Waals surface area contributed by atoms with Crippen molar-refractivity contribution in [2.45, 2.75) is 50.7 Å². The number of likely N-dealkylation sites (N-methyl/N-ethyl adjacent to an activating group) is 1. The SMILES string of the molecule is CCN1C(=O)[C@H](CCCN)NC(=O)[C@@H](N)Cc2cc(ccc2O)-c2ccc(O)c(c2)C[C@H]1C(=O)O. The van der Waals surface area contributed by atoms with Gasteiger partial charge in [0.2, 0.25) is 11.8 Å². The van der Waals surface area contributed by atoms with Gasteiger partial charge in [-0.25, -0.2) is 4.79 Å². The number of carboxylic acids is 1. The Morgan fingerprint density at radius 3 is 2.14 bits per heavy atom. The third-order valence-corrected chi connectivity index (χ3v) is 6.28. The van der Waals surface area contributed by atoms with E-state index in [1.165, 1.54) is 17.0 Å². The van der Waals surface area contributed by atoms with Gasteiger partial charge in [0.15, 0.2) is 0 Å². The summed E-state index contributed by atoms with van der Waals surface area (Å²) in [5, 5.41) is 33.5.